The third-order valence-electron chi connectivity index (χ3n) is 7.23. The summed E-state index contributed by atoms with van der Waals surface area (Å²) in [6, 6.07) is 12.2. The average molecular weight is 526 g/mol. The topological polar surface area (TPSA) is 78.6 Å². The summed E-state index contributed by atoms with van der Waals surface area (Å²) in [5.74, 6) is -0.707. The number of nitrogens with zero attached hydrogens (tertiary/aromatic N) is 2. The maximum Gasteiger partial charge on any atom is 0.251 e. The second-order valence-corrected chi connectivity index (χ2v) is 11.4. The lowest BCUT2D eigenvalue weighted by atomic mass is 9.81. The van der Waals surface area contributed by atoms with Gasteiger partial charge in [0.15, 0.2) is 0 Å². The number of rotatable bonds is 8. The molecule has 0 bridgehead atoms. The molecule has 2 aromatic carbocycles. The monoisotopic (exact) mass is 525 g/mol. The molecule has 1 amide bonds. The molecule has 1 saturated heterocycles. The molecule has 3 aromatic rings. The van der Waals surface area contributed by atoms with Gasteiger partial charge >= 0.3 is 0 Å². The van der Waals surface area contributed by atoms with Crippen molar-refractivity contribution in [2.24, 2.45) is 17.3 Å². The van der Waals surface area contributed by atoms with Crippen LogP contribution in [0, 0.1) is 28.9 Å². The van der Waals surface area contributed by atoms with Crippen LogP contribution in [-0.4, -0.2) is 46.6 Å². The van der Waals surface area contributed by atoms with Crippen LogP contribution in [0.2, 0.25) is 0 Å². The van der Waals surface area contributed by atoms with E-state index in [-0.39, 0.29) is 17.4 Å². The van der Waals surface area contributed by atoms with Crippen molar-refractivity contribution in [3.05, 3.63) is 77.2 Å². The first-order valence-corrected chi connectivity index (χ1v) is 13.1. The van der Waals surface area contributed by atoms with Crippen molar-refractivity contribution in [3.63, 3.8) is 0 Å². The highest BCUT2D eigenvalue weighted by molar-refractivity contribution is 5.81. The van der Waals surface area contributed by atoms with Gasteiger partial charge in [0.05, 0.1) is 11.6 Å². The summed E-state index contributed by atoms with van der Waals surface area (Å²) in [5.41, 5.74) is 0.818. The number of oxazole rings is 1. The van der Waals surface area contributed by atoms with Gasteiger partial charge in [-0.3, -0.25) is 4.79 Å². The van der Waals surface area contributed by atoms with Crippen LogP contribution in [-0.2, 0) is 11.2 Å². The zero-order valence-corrected chi connectivity index (χ0v) is 22.7. The lowest BCUT2D eigenvalue weighted by Crippen LogP contribution is -2.48. The molecule has 1 aliphatic rings. The van der Waals surface area contributed by atoms with Crippen LogP contribution in [0.1, 0.15) is 57.7 Å². The molecule has 0 radical (unpaired) electrons. The molecule has 6 nitrogen and oxygen atoms in total. The summed E-state index contributed by atoms with van der Waals surface area (Å²) in [6.45, 7) is 11.6. The van der Waals surface area contributed by atoms with E-state index in [0.717, 1.165) is 36.9 Å². The number of aliphatic hydroxyl groups is 1. The molecule has 4 atom stereocenters. The van der Waals surface area contributed by atoms with Crippen LogP contribution in [0.5, 0.6) is 0 Å². The second kappa shape index (κ2) is 11.3. The Morgan fingerprint density at radius 1 is 1.18 bits per heavy atom. The van der Waals surface area contributed by atoms with E-state index in [1.165, 1.54) is 6.92 Å². The van der Waals surface area contributed by atoms with E-state index in [1.54, 1.807) is 4.90 Å². The summed E-state index contributed by atoms with van der Waals surface area (Å²) in [6.07, 6.45) is -0.862. The van der Waals surface area contributed by atoms with Crippen molar-refractivity contribution in [2.45, 2.75) is 53.2 Å². The van der Waals surface area contributed by atoms with Gasteiger partial charge in [-0.05, 0) is 61.0 Å². The summed E-state index contributed by atoms with van der Waals surface area (Å²) < 4.78 is 35.1. The van der Waals surface area contributed by atoms with E-state index in [9.17, 15) is 18.7 Å². The Labute approximate surface area is 223 Å². The van der Waals surface area contributed by atoms with E-state index in [4.69, 9.17) is 9.40 Å². The van der Waals surface area contributed by atoms with Crippen LogP contribution >= 0.6 is 0 Å². The van der Waals surface area contributed by atoms with Crippen molar-refractivity contribution in [2.75, 3.05) is 19.6 Å². The maximum absolute atomic E-state index is 14.8. The molecule has 8 heteroatoms. The summed E-state index contributed by atoms with van der Waals surface area (Å²) in [7, 11) is 0. The first-order chi connectivity index (χ1) is 18.0. The van der Waals surface area contributed by atoms with Gasteiger partial charge in [-0.15, -0.1) is 0 Å². The van der Waals surface area contributed by atoms with Gasteiger partial charge in [0.2, 0.25) is 5.89 Å². The van der Waals surface area contributed by atoms with Gasteiger partial charge in [-0.1, -0.05) is 58.0 Å². The summed E-state index contributed by atoms with van der Waals surface area (Å²) >= 11 is 0. The lowest BCUT2D eigenvalue weighted by molar-refractivity contribution is -0.145. The zero-order chi connectivity index (χ0) is 27.6. The predicted octanol–water partition coefficient (Wildman–Crippen LogP) is 5.36. The minimum Gasteiger partial charge on any atom is -0.440 e. The number of hydrogen-bond acceptors (Lipinski definition) is 5. The molecule has 1 aliphatic heterocycles. The molecule has 4 rings (SSSR count). The van der Waals surface area contributed by atoms with Gasteiger partial charge in [-0.25, -0.2) is 13.8 Å². The standard InChI is InChI=1S/C30H37F2N3O3/c1-18-15-33-16-21(18)17-35(29(37)19(2)36)27(30(3,4)5)26-25(13-20-9-7-6-8-10-20)38-28(34-26)23-14-22(31)11-12-24(23)32/h6-12,14,18-19,21,27,33,36H,13,15-17H2,1-5H3/t18-,19-,21?,27-/m0/s1. The maximum atomic E-state index is 14.8. The van der Waals surface area contributed by atoms with Crippen LogP contribution in [0.4, 0.5) is 8.78 Å². The van der Waals surface area contributed by atoms with Crippen LogP contribution < -0.4 is 5.32 Å². The number of aliphatic hydroxyl groups excluding tert-OH is 1. The first-order valence-electron chi connectivity index (χ1n) is 13.1. The van der Waals surface area contributed by atoms with Crippen molar-refractivity contribution < 1.29 is 23.1 Å². The molecule has 204 valence electrons. The van der Waals surface area contributed by atoms with Crippen molar-refractivity contribution >= 4 is 5.91 Å². The van der Waals surface area contributed by atoms with E-state index >= 15 is 0 Å². The Kier molecular flexibility index (Phi) is 8.33. The summed E-state index contributed by atoms with van der Waals surface area (Å²) in [5, 5.41) is 13.8. The number of carbonyl (C=O) groups is 1. The van der Waals surface area contributed by atoms with Gasteiger partial charge in [0.25, 0.3) is 5.91 Å². The number of benzene rings is 2. The van der Waals surface area contributed by atoms with Crippen LogP contribution in [0.25, 0.3) is 11.5 Å². The molecule has 1 unspecified atom stereocenters. The third kappa shape index (κ3) is 6.13. The van der Waals surface area contributed by atoms with E-state index in [2.05, 4.69) is 12.2 Å². The molecule has 2 N–H and O–H groups in total. The fourth-order valence-corrected chi connectivity index (χ4v) is 5.21. The minimum absolute atomic E-state index is 0.0440. The summed E-state index contributed by atoms with van der Waals surface area (Å²) in [4.78, 5) is 20.0. The van der Waals surface area contributed by atoms with Crippen molar-refractivity contribution in [1.82, 2.24) is 15.2 Å². The Morgan fingerprint density at radius 2 is 1.89 bits per heavy atom. The highest BCUT2D eigenvalue weighted by Gasteiger charge is 2.42. The van der Waals surface area contributed by atoms with Gasteiger partial charge in [0, 0.05) is 13.0 Å². The second-order valence-electron chi connectivity index (χ2n) is 11.4. The largest absolute Gasteiger partial charge is 0.440 e. The first kappa shape index (κ1) is 27.9. The molecule has 2 heterocycles. The molecule has 1 aromatic heterocycles. The number of hydrogen-bond donors (Lipinski definition) is 2. The predicted molar refractivity (Wildman–Crippen MR) is 142 cm³/mol. The molecular formula is C30H37F2N3O3. The molecular weight excluding hydrogens is 488 g/mol. The fourth-order valence-electron chi connectivity index (χ4n) is 5.21. The highest BCUT2D eigenvalue weighted by Crippen LogP contribution is 2.42. The number of amides is 1. The van der Waals surface area contributed by atoms with Gasteiger partial charge in [-0.2, -0.15) is 0 Å². The molecule has 0 saturated carbocycles. The average Bonchev–Trinajstić information content (AvgIpc) is 3.45. The van der Waals surface area contributed by atoms with E-state index in [1.807, 2.05) is 51.1 Å². The number of halogens is 2. The lowest BCUT2D eigenvalue weighted by Gasteiger charge is -2.41. The fraction of sp³-hybridized carbons (Fsp3) is 0.467. The molecule has 1 fully saturated rings. The highest BCUT2D eigenvalue weighted by atomic mass is 19.1. The Morgan fingerprint density at radius 3 is 2.50 bits per heavy atom. The smallest absolute Gasteiger partial charge is 0.251 e. The number of aromatic nitrogens is 1. The Hall–Kier alpha value is -3.10. The molecule has 0 spiro atoms. The number of nitrogens with one attached hydrogen (secondary N) is 1. The molecule has 0 aliphatic carbocycles. The number of carbonyl (C=O) groups excluding carboxylic acids is 1. The van der Waals surface area contributed by atoms with E-state index in [0.29, 0.717) is 30.3 Å². The molecule has 38 heavy (non-hydrogen) atoms. The Bertz CT molecular complexity index is 1250. The minimum atomic E-state index is -1.21. The quantitative estimate of drug-likeness (QED) is 0.414. The SMILES string of the molecule is C[C@H](O)C(=O)N(CC1CNC[C@@H]1C)[C@@H](c1nc(-c2cc(F)ccc2F)oc1Cc1ccccc1)C(C)(C)C. The zero-order valence-electron chi connectivity index (χ0n) is 22.7. The van der Waals surface area contributed by atoms with Crippen LogP contribution in [0.3, 0.4) is 0 Å². The van der Waals surface area contributed by atoms with Crippen molar-refractivity contribution in [1.29, 1.82) is 0 Å². The normalized spacial score (nSPS) is 19.4. The third-order valence-corrected chi connectivity index (χ3v) is 7.23. The van der Waals surface area contributed by atoms with E-state index < -0.39 is 35.1 Å². The van der Waals surface area contributed by atoms with Crippen LogP contribution in [0.15, 0.2) is 52.9 Å². The van der Waals surface area contributed by atoms with Crippen molar-refractivity contribution in [3.8, 4) is 11.5 Å². The van der Waals surface area contributed by atoms with Gasteiger partial charge in [0.1, 0.15) is 29.2 Å². The van der Waals surface area contributed by atoms with Gasteiger partial charge < -0.3 is 19.7 Å². The Balaban J connectivity index is 1.88.